The Morgan fingerprint density at radius 2 is 0.971 bits per heavy atom. The first-order valence-electron chi connectivity index (χ1n) is 13.2. The lowest BCUT2D eigenvalue weighted by atomic mass is 10.0. The van der Waals surface area contributed by atoms with Crippen molar-refractivity contribution in [1.29, 1.82) is 0 Å². The maximum Gasteiger partial charge on any atom is 0.127 e. The Hall–Kier alpha value is -3.29. The first kappa shape index (κ1) is 26.3. The van der Waals surface area contributed by atoms with Crippen LogP contribution in [0.1, 0.15) is 98.6 Å². The predicted octanol–water partition coefficient (Wildman–Crippen LogP) is 8.87. The Labute approximate surface area is 212 Å². The molecule has 180 valence electrons. The van der Waals surface area contributed by atoms with Gasteiger partial charge in [-0.15, -0.1) is 0 Å². The second-order valence-corrected chi connectivity index (χ2v) is 9.20. The SMILES string of the molecule is CCCCCCCc1ccc(C#Cc2ccc(C#Cc3ccc(CCCCC)c(F)c3)cc2)cc1. The molecule has 3 rings (SSSR count). The molecule has 0 bridgehead atoms. The maximum atomic E-state index is 14.3. The topological polar surface area (TPSA) is 0 Å². The van der Waals surface area contributed by atoms with E-state index in [2.05, 4.69) is 61.8 Å². The molecule has 0 fully saturated rings. The molecule has 0 radical (unpaired) electrons. The summed E-state index contributed by atoms with van der Waals surface area (Å²) < 4.78 is 14.3. The maximum absolute atomic E-state index is 14.3. The smallest absolute Gasteiger partial charge is 0.127 e. The lowest BCUT2D eigenvalue weighted by Crippen LogP contribution is -1.92. The van der Waals surface area contributed by atoms with Crippen molar-refractivity contribution in [2.45, 2.75) is 78.1 Å². The van der Waals surface area contributed by atoms with Crippen molar-refractivity contribution < 1.29 is 4.39 Å². The minimum Gasteiger partial charge on any atom is -0.207 e. The molecule has 0 spiro atoms. The van der Waals surface area contributed by atoms with Crippen LogP contribution in [-0.2, 0) is 12.8 Å². The third-order valence-electron chi connectivity index (χ3n) is 6.21. The van der Waals surface area contributed by atoms with E-state index in [0.717, 1.165) is 54.4 Å². The van der Waals surface area contributed by atoms with Crippen LogP contribution in [0.2, 0.25) is 0 Å². The molecule has 0 heterocycles. The summed E-state index contributed by atoms with van der Waals surface area (Å²) in [7, 11) is 0. The van der Waals surface area contributed by atoms with Crippen molar-refractivity contribution in [3.63, 3.8) is 0 Å². The van der Waals surface area contributed by atoms with E-state index in [1.54, 1.807) is 6.07 Å². The van der Waals surface area contributed by atoms with Crippen LogP contribution in [0.3, 0.4) is 0 Å². The fourth-order valence-electron chi connectivity index (χ4n) is 4.01. The van der Waals surface area contributed by atoms with E-state index in [1.807, 2.05) is 36.4 Å². The lowest BCUT2D eigenvalue weighted by Gasteiger charge is -2.03. The zero-order valence-corrected chi connectivity index (χ0v) is 21.3. The molecule has 0 aromatic heterocycles. The van der Waals surface area contributed by atoms with Gasteiger partial charge >= 0.3 is 0 Å². The molecule has 0 nitrogen and oxygen atoms in total. The number of benzene rings is 3. The summed E-state index contributed by atoms with van der Waals surface area (Å²) in [6.07, 6.45) is 11.8. The van der Waals surface area contributed by atoms with Crippen molar-refractivity contribution in [3.8, 4) is 23.7 Å². The lowest BCUT2D eigenvalue weighted by molar-refractivity contribution is 0.598. The first-order chi connectivity index (χ1) is 17.2. The fourth-order valence-corrected chi connectivity index (χ4v) is 4.01. The second kappa shape index (κ2) is 14.9. The van der Waals surface area contributed by atoms with Crippen LogP contribution >= 0.6 is 0 Å². The number of unbranched alkanes of at least 4 members (excludes halogenated alkanes) is 6. The quantitative estimate of drug-likeness (QED) is 0.208. The molecule has 35 heavy (non-hydrogen) atoms. The van der Waals surface area contributed by atoms with Crippen LogP contribution < -0.4 is 0 Å². The van der Waals surface area contributed by atoms with Crippen LogP contribution in [0.5, 0.6) is 0 Å². The zero-order valence-electron chi connectivity index (χ0n) is 21.3. The summed E-state index contributed by atoms with van der Waals surface area (Å²) in [4.78, 5) is 0. The molecule has 0 aliphatic heterocycles. The van der Waals surface area contributed by atoms with E-state index in [1.165, 1.54) is 37.7 Å². The van der Waals surface area contributed by atoms with Gasteiger partial charge < -0.3 is 0 Å². The van der Waals surface area contributed by atoms with Gasteiger partial charge in [0, 0.05) is 22.3 Å². The number of rotatable bonds is 10. The van der Waals surface area contributed by atoms with Crippen LogP contribution in [0, 0.1) is 29.5 Å². The van der Waals surface area contributed by atoms with E-state index in [0.29, 0.717) is 5.56 Å². The van der Waals surface area contributed by atoms with Crippen molar-refractivity contribution >= 4 is 0 Å². The molecule has 0 aliphatic carbocycles. The van der Waals surface area contributed by atoms with Crippen molar-refractivity contribution in [2.24, 2.45) is 0 Å². The molecule has 0 amide bonds. The minimum absolute atomic E-state index is 0.154. The largest absolute Gasteiger partial charge is 0.207 e. The second-order valence-electron chi connectivity index (χ2n) is 9.20. The summed E-state index contributed by atoms with van der Waals surface area (Å²) in [5.41, 5.74) is 5.76. The number of aryl methyl sites for hydroxylation is 2. The number of hydrogen-bond acceptors (Lipinski definition) is 0. The third kappa shape index (κ3) is 9.47. The van der Waals surface area contributed by atoms with E-state index in [4.69, 9.17) is 0 Å². The molecule has 0 saturated heterocycles. The van der Waals surface area contributed by atoms with Gasteiger partial charge in [-0.25, -0.2) is 4.39 Å². The Kier molecular flexibility index (Phi) is 11.2. The van der Waals surface area contributed by atoms with E-state index in [-0.39, 0.29) is 5.82 Å². The number of hydrogen-bond donors (Lipinski definition) is 0. The van der Waals surface area contributed by atoms with Crippen LogP contribution in [0.25, 0.3) is 0 Å². The Morgan fingerprint density at radius 3 is 1.54 bits per heavy atom. The van der Waals surface area contributed by atoms with Gasteiger partial charge in [-0.2, -0.15) is 0 Å². The molecule has 0 saturated carbocycles. The van der Waals surface area contributed by atoms with Gasteiger partial charge in [0.2, 0.25) is 0 Å². The Morgan fingerprint density at radius 1 is 0.514 bits per heavy atom. The Balaban J connectivity index is 1.53. The molecule has 0 aliphatic rings. The highest BCUT2D eigenvalue weighted by atomic mass is 19.1. The van der Waals surface area contributed by atoms with E-state index >= 15 is 0 Å². The normalized spacial score (nSPS) is 10.3. The molecule has 0 N–H and O–H groups in total. The van der Waals surface area contributed by atoms with Crippen LogP contribution in [0.15, 0.2) is 66.7 Å². The molecular formula is C34H37F. The highest BCUT2D eigenvalue weighted by Gasteiger charge is 2.02. The standard InChI is InChI=1S/C34H37F/c1-3-5-7-8-10-11-28-13-15-29(16-14-28)17-18-30-19-21-31(22-20-30)23-24-32-25-26-33(34(35)27-32)12-9-6-4-2/h13-16,19-22,25-27H,3-12H2,1-2H3. The van der Waals surface area contributed by atoms with Crippen molar-refractivity contribution in [1.82, 2.24) is 0 Å². The van der Waals surface area contributed by atoms with Gasteiger partial charge in [0.1, 0.15) is 5.82 Å². The van der Waals surface area contributed by atoms with Gasteiger partial charge in [0.15, 0.2) is 0 Å². The summed E-state index contributed by atoms with van der Waals surface area (Å²) in [5, 5.41) is 0. The van der Waals surface area contributed by atoms with Crippen LogP contribution in [0.4, 0.5) is 4.39 Å². The highest BCUT2D eigenvalue weighted by Crippen LogP contribution is 2.14. The molecule has 3 aromatic rings. The average Bonchev–Trinajstić information content (AvgIpc) is 2.89. The molecule has 1 heteroatoms. The van der Waals surface area contributed by atoms with Gasteiger partial charge in [-0.05, 0) is 85.3 Å². The number of halogens is 1. The summed E-state index contributed by atoms with van der Waals surface area (Å²) in [6, 6.07) is 21.9. The summed E-state index contributed by atoms with van der Waals surface area (Å²) in [5.74, 6) is 12.5. The monoisotopic (exact) mass is 464 g/mol. The van der Waals surface area contributed by atoms with E-state index in [9.17, 15) is 4.39 Å². The fraction of sp³-hybridized carbons (Fsp3) is 0.353. The molecular weight excluding hydrogens is 427 g/mol. The summed E-state index contributed by atoms with van der Waals surface area (Å²) >= 11 is 0. The zero-order chi connectivity index (χ0) is 24.7. The first-order valence-corrected chi connectivity index (χ1v) is 13.2. The van der Waals surface area contributed by atoms with E-state index < -0.39 is 0 Å². The molecule has 0 atom stereocenters. The minimum atomic E-state index is -0.154. The predicted molar refractivity (Wildman–Crippen MR) is 147 cm³/mol. The van der Waals surface area contributed by atoms with Crippen LogP contribution in [-0.4, -0.2) is 0 Å². The van der Waals surface area contributed by atoms with Gasteiger partial charge in [0.05, 0.1) is 0 Å². The van der Waals surface area contributed by atoms with Gasteiger partial charge in [0.25, 0.3) is 0 Å². The highest BCUT2D eigenvalue weighted by molar-refractivity contribution is 5.48. The van der Waals surface area contributed by atoms with Gasteiger partial charge in [-0.3, -0.25) is 0 Å². The van der Waals surface area contributed by atoms with Gasteiger partial charge in [-0.1, -0.05) is 94.3 Å². The summed E-state index contributed by atoms with van der Waals surface area (Å²) in [6.45, 7) is 4.41. The van der Waals surface area contributed by atoms with Crippen molar-refractivity contribution in [2.75, 3.05) is 0 Å². The third-order valence-corrected chi connectivity index (χ3v) is 6.21. The molecule has 0 unspecified atom stereocenters. The molecule has 3 aromatic carbocycles. The van der Waals surface area contributed by atoms with Crippen molar-refractivity contribution in [3.05, 3.63) is 106 Å². The Bertz CT molecular complexity index is 1160. The average molecular weight is 465 g/mol.